The molecule has 0 spiro atoms. The Kier molecular flexibility index (Phi) is 5.00. The number of aromatic nitrogens is 1. The molecule has 23 heavy (non-hydrogen) atoms. The minimum absolute atomic E-state index is 0.249. The van der Waals surface area contributed by atoms with Crippen molar-refractivity contribution < 1.29 is 4.79 Å². The highest BCUT2D eigenvalue weighted by atomic mass is 16.2. The summed E-state index contributed by atoms with van der Waals surface area (Å²) in [6.07, 6.45) is 8.57. The molecule has 3 heterocycles. The van der Waals surface area contributed by atoms with Crippen LogP contribution in [0.2, 0.25) is 0 Å². The van der Waals surface area contributed by atoms with Crippen LogP contribution >= 0.6 is 0 Å². The van der Waals surface area contributed by atoms with E-state index in [1.165, 1.54) is 19.3 Å². The lowest BCUT2D eigenvalue weighted by Crippen LogP contribution is -2.50. The number of amides is 1. The van der Waals surface area contributed by atoms with Crippen LogP contribution in [0.3, 0.4) is 0 Å². The van der Waals surface area contributed by atoms with E-state index < -0.39 is 5.41 Å². The summed E-state index contributed by atoms with van der Waals surface area (Å²) in [5.41, 5.74) is 0.507. The van der Waals surface area contributed by atoms with Gasteiger partial charge in [0.2, 0.25) is 5.91 Å². The van der Waals surface area contributed by atoms with Crippen LogP contribution in [-0.2, 0) is 10.2 Å². The van der Waals surface area contributed by atoms with Crippen LogP contribution in [0.25, 0.3) is 0 Å². The fourth-order valence-electron chi connectivity index (χ4n) is 4.11. The first-order valence-electron chi connectivity index (χ1n) is 8.99. The van der Waals surface area contributed by atoms with Crippen LogP contribution in [0.1, 0.15) is 45.1 Å². The Labute approximate surface area is 139 Å². The highest BCUT2D eigenvalue weighted by molar-refractivity contribution is 5.87. The zero-order valence-electron chi connectivity index (χ0n) is 14.4. The predicted molar refractivity (Wildman–Crippen MR) is 92.2 cm³/mol. The Morgan fingerprint density at radius 2 is 2.13 bits per heavy atom. The lowest BCUT2D eigenvalue weighted by atomic mass is 9.79. The third-order valence-electron chi connectivity index (χ3n) is 5.66. The summed E-state index contributed by atoms with van der Waals surface area (Å²) in [6, 6.07) is 3.93. The minimum Gasteiger partial charge on any atom is -0.342 e. The van der Waals surface area contributed by atoms with E-state index in [9.17, 15) is 4.79 Å². The predicted octanol–water partition coefficient (Wildman–Crippen LogP) is 2.60. The first-order valence-corrected chi connectivity index (χ1v) is 8.99. The van der Waals surface area contributed by atoms with Crippen LogP contribution < -0.4 is 5.32 Å². The maximum Gasteiger partial charge on any atom is 0.232 e. The molecular formula is C19H29N3O. The summed E-state index contributed by atoms with van der Waals surface area (Å²) in [4.78, 5) is 19.4. The summed E-state index contributed by atoms with van der Waals surface area (Å²) >= 11 is 0. The van der Waals surface area contributed by atoms with Gasteiger partial charge in [-0.25, -0.2) is 0 Å². The number of pyridine rings is 1. The smallest absolute Gasteiger partial charge is 0.232 e. The summed E-state index contributed by atoms with van der Waals surface area (Å²) in [7, 11) is 0. The van der Waals surface area contributed by atoms with Crippen LogP contribution in [0.15, 0.2) is 24.5 Å². The maximum atomic E-state index is 13.1. The van der Waals surface area contributed by atoms with Crippen LogP contribution in [-0.4, -0.2) is 42.0 Å². The van der Waals surface area contributed by atoms with Crippen molar-refractivity contribution in [3.63, 3.8) is 0 Å². The first kappa shape index (κ1) is 16.4. The van der Waals surface area contributed by atoms with Gasteiger partial charge in [-0.15, -0.1) is 0 Å². The number of nitrogens with zero attached hydrogens (tertiary/aromatic N) is 2. The van der Waals surface area contributed by atoms with E-state index in [4.69, 9.17) is 0 Å². The van der Waals surface area contributed by atoms with Crippen LogP contribution in [0, 0.1) is 11.8 Å². The molecule has 0 aromatic carbocycles. The molecule has 4 heteroatoms. The molecule has 4 nitrogen and oxygen atoms in total. The van der Waals surface area contributed by atoms with E-state index in [1.54, 1.807) is 6.20 Å². The Bertz CT molecular complexity index is 523. The van der Waals surface area contributed by atoms with Gasteiger partial charge in [-0.1, -0.05) is 6.07 Å². The lowest BCUT2D eigenvalue weighted by molar-refractivity contribution is -0.138. The molecule has 0 aliphatic carbocycles. The molecule has 1 amide bonds. The number of hydrogen-bond donors (Lipinski definition) is 1. The lowest BCUT2D eigenvalue weighted by Gasteiger charge is -2.41. The fourth-order valence-corrected chi connectivity index (χ4v) is 4.11. The molecule has 2 unspecified atom stereocenters. The van der Waals surface area contributed by atoms with Crippen molar-refractivity contribution in [2.24, 2.45) is 11.8 Å². The second-order valence-electron chi connectivity index (χ2n) is 7.63. The van der Waals surface area contributed by atoms with Gasteiger partial charge in [-0.2, -0.15) is 0 Å². The third kappa shape index (κ3) is 3.57. The average molecular weight is 315 g/mol. The number of carbonyl (C=O) groups excluding carboxylic acids is 1. The number of likely N-dealkylation sites (tertiary alicyclic amines) is 1. The normalized spacial score (nSPS) is 26.1. The topological polar surface area (TPSA) is 45.2 Å². The summed E-state index contributed by atoms with van der Waals surface area (Å²) in [6.45, 7) is 8.16. The number of carbonyl (C=O) groups is 1. The van der Waals surface area contributed by atoms with E-state index in [1.807, 2.05) is 32.2 Å². The minimum atomic E-state index is -0.499. The molecule has 0 bridgehead atoms. The van der Waals surface area contributed by atoms with Gasteiger partial charge < -0.3 is 10.2 Å². The zero-order valence-corrected chi connectivity index (χ0v) is 14.4. The first-order chi connectivity index (χ1) is 11.1. The van der Waals surface area contributed by atoms with Crippen molar-refractivity contribution in [1.29, 1.82) is 0 Å². The standard InChI is InChI=1S/C19H29N3O/c1-19(2,17-8-4-10-21-13-17)18(23)22-11-5-7-16(14-22)15-6-3-9-20-12-15/h4,8,10,13,15-16,20H,3,5-7,9,11-12,14H2,1-2H3. The number of hydrogen-bond acceptors (Lipinski definition) is 3. The molecule has 1 aromatic heterocycles. The van der Waals surface area contributed by atoms with Crippen molar-refractivity contribution in [3.05, 3.63) is 30.1 Å². The molecule has 2 saturated heterocycles. The van der Waals surface area contributed by atoms with Gasteiger partial charge in [0.05, 0.1) is 5.41 Å². The SMILES string of the molecule is CC(C)(C(=O)N1CCCC(C2CCCNC2)C1)c1cccnc1. The highest BCUT2D eigenvalue weighted by Crippen LogP contribution is 2.32. The van der Waals surface area contributed by atoms with Gasteiger partial charge in [-0.05, 0) is 76.1 Å². The quantitative estimate of drug-likeness (QED) is 0.932. The van der Waals surface area contributed by atoms with Crippen molar-refractivity contribution in [2.75, 3.05) is 26.2 Å². The van der Waals surface area contributed by atoms with Gasteiger partial charge in [0, 0.05) is 25.5 Å². The summed E-state index contributed by atoms with van der Waals surface area (Å²) in [5.74, 6) is 1.64. The van der Waals surface area contributed by atoms with E-state index in [2.05, 4.69) is 15.2 Å². The molecule has 126 valence electrons. The molecule has 2 aliphatic heterocycles. The van der Waals surface area contributed by atoms with E-state index in [0.29, 0.717) is 5.92 Å². The fraction of sp³-hybridized carbons (Fsp3) is 0.684. The molecule has 2 atom stereocenters. The molecule has 0 radical (unpaired) electrons. The zero-order chi connectivity index (χ0) is 16.3. The van der Waals surface area contributed by atoms with E-state index in [0.717, 1.165) is 44.1 Å². The second kappa shape index (κ2) is 7.00. The van der Waals surface area contributed by atoms with E-state index >= 15 is 0 Å². The molecule has 1 aromatic rings. The monoisotopic (exact) mass is 315 g/mol. The maximum absolute atomic E-state index is 13.1. The Hall–Kier alpha value is -1.42. The van der Waals surface area contributed by atoms with Crippen molar-refractivity contribution in [3.8, 4) is 0 Å². The third-order valence-corrected chi connectivity index (χ3v) is 5.66. The van der Waals surface area contributed by atoms with Crippen LogP contribution in [0.4, 0.5) is 0 Å². The number of nitrogens with one attached hydrogen (secondary N) is 1. The van der Waals surface area contributed by atoms with E-state index in [-0.39, 0.29) is 5.91 Å². The summed E-state index contributed by atoms with van der Waals surface area (Å²) in [5, 5.41) is 3.52. The van der Waals surface area contributed by atoms with Gasteiger partial charge >= 0.3 is 0 Å². The van der Waals surface area contributed by atoms with Gasteiger partial charge in [0.1, 0.15) is 0 Å². The number of piperidine rings is 2. The Morgan fingerprint density at radius 1 is 1.30 bits per heavy atom. The average Bonchev–Trinajstić information content (AvgIpc) is 2.62. The van der Waals surface area contributed by atoms with Crippen molar-refractivity contribution in [2.45, 2.75) is 44.9 Å². The molecule has 1 N–H and O–H groups in total. The summed E-state index contributed by atoms with van der Waals surface area (Å²) < 4.78 is 0. The van der Waals surface area contributed by atoms with Crippen molar-refractivity contribution in [1.82, 2.24) is 15.2 Å². The van der Waals surface area contributed by atoms with Gasteiger partial charge in [0.15, 0.2) is 0 Å². The largest absolute Gasteiger partial charge is 0.342 e. The molecule has 2 fully saturated rings. The molecule has 3 rings (SSSR count). The van der Waals surface area contributed by atoms with Gasteiger partial charge in [-0.3, -0.25) is 9.78 Å². The van der Waals surface area contributed by atoms with Crippen molar-refractivity contribution >= 4 is 5.91 Å². The molecule has 2 aliphatic rings. The molecular weight excluding hydrogens is 286 g/mol. The Morgan fingerprint density at radius 3 is 2.83 bits per heavy atom. The Balaban J connectivity index is 1.69. The highest BCUT2D eigenvalue weighted by Gasteiger charge is 2.37. The second-order valence-corrected chi connectivity index (χ2v) is 7.63. The van der Waals surface area contributed by atoms with Gasteiger partial charge in [0.25, 0.3) is 0 Å². The number of rotatable bonds is 3. The van der Waals surface area contributed by atoms with Crippen LogP contribution in [0.5, 0.6) is 0 Å². The molecule has 0 saturated carbocycles.